The molecule has 2 nitrogen and oxygen atoms in total. The van der Waals surface area contributed by atoms with Gasteiger partial charge in [0.05, 0.1) is 21.0 Å². The molecule has 0 saturated heterocycles. The fourth-order valence-electron chi connectivity index (χ4n) is 2.41. The molecule has 0 fully saturated rings. The van der Waals surface area contributed by atoms with Crippen LogP contribution in [0.1, 0.15) is 0 Å². The summed E-state index contributed by atoms with van der Waals surface area (Å²) in [6.45, 7) is 0. The van der Waals surface area contributed by atoms with Crippen LogP contribution in [0.4, 0.5) is 0 Å². The van der Waals surface area contributed by atoms with Gasteiger partial charge in [-0.2, -0.15) is 0 Å². The minimum absolute atomic E-state index is 0.926. The highest BCUT2D eigenvalue weighted by atomic mass is 79.9. The molecule has 4 rings (SSSR count). The van der Waals surface area contributed by atoms with Gasteiger partial charge in [0, 0.05) is 11.1 Å². The van der Waals surface area contributed by atoms with Gasteiger partial charge in [-0.1, -0.05) is 42.5 Å². The zero-order valence-corrected chi connectivity index (χ0v) is 11.6. The Morgan fingerprint density at radius 1 is 0.632 bits per heavy atom. The lowest BCUT2D eigenvalue weighted by atomic mass is 10.2. The second kappa shape index (κ2) is 4.00. The van der Waals surface area contributed by atoms with Crippen LogP contribution < -0.4 is 0 Å². The summed E-state index contributed by atoms with van der Waals surface area (Å²) in [6.07, 6.45) is 0. The maximum atomic E-state index is 4.76. The number of hydrogen-bond donors (Lipinski definition) is 0. The monoisotopic (exact) mass is 308 g/mol. The van der Waals surface area contributed by atoms with Gasteiger partial charge in [0.15, 0.2) is 0 Å². The topological polar surface area (TPSA) is 25.8 Å². The van der Waals surface area contributed by atoms with Gasteiger partial charge in [-0.25, -0.2) is 9.97 Å². The molecule has 3 heteroatoms. The van der Waals surface area contributed by atoms with Crippen molar-refractivity contribution in [2.75, 3.05) is 0 Å². The van der Waals surface area contributed by atoms with Crippen molar-refractivity contribution in [3.05, 3.63) is 59.1 Å². The summed E-state index contributed by atoms with van der Waals surface area (Å²) in [5.41, 5.74) is 6.02. The van der Waals surface area contributed by atoms with Gasteiger partial charge in [-0.15, -0.1) is 0 Å². The van der Waals surface area contributed by atoms with E-state index in [1.54, 1.807) is 0 Å². The smallest absolute Gasteiger partial charge is 0.105 e. The summed E-state index contributed by atoms with van der Waals surface area (Å²) in [5.74, 6) is 0. The number of fused-ring (bicyclic) bond motifs is 4. The van der Waals surface area contributed by atoms with Crippen LogP contribution in [0.5, 0.6) is 0 Å². The van der Waals surface area contributed by atoms with Gasteiger partial charge in [-0.3, -0.25) is 0 Å². The second-order valence-electron chi connectivity index (χ2n) is 4.46. The van der Waals surface area contributed by atoms with E-state index >= 15 is 0 Å². The van der Waals surface area contributed by atoms with Crippen LogP contribution in [0.3, 0.4) is 0 Å². The van der Waals surface area contributed by atoms with E-state index in [0.717, 1.165) is 37.7 Å². The molecule has 19 heavy (non-hydrogen) atoms. The first-order valence-corrected chi connectivity index (χ1v) is 6.86. The maximum Gasteiger partial charge on any atom is 0.105 e. The van der Waals surface area contributed by atoms with Crippen molar-refractivity contribution in [1.29, 1.82) is 0 Å². The molecule has 2 aliphatic rings. The molecule has 0 N–H and O–H groups in total. The van der Waals surface area contributed by atoms with E-state index in [1.807, 2.05) is 42.5 Å². The molecule has 1 aromatic heterocycles. The van der Waals surface area contributed by atoms with Crippen molar-refractivity contribution in [3.63, 3.8) is 0 Å². The lowest BCUT2D eigenvalue weighted by Gasteiger charge is -1.97. The Labute approximate surface area is 118 Å². The average molecular weight is 309 g/mol. The zero-order chi connectivity index (χ0) is 12.8. The van der Waals surface area contributed by atoms with Crippen molar-refractivity contribution in [3.8, 4) is 11.1 Å². The zero-order valence-electron chi connectivity index (χ0n) is 9.97. The summed E-state index contributed by atoms with van der Waals surface area (Å²) < 4.78 is 1.02. The Bertz CT molecular complexity index is 886. The lowest BCUT2D eigenvalue weighted by molar-refractivity contribution is 1.41. The van der Waals surface area contributed by atoms with Crippen LogP contribution in [-0.2, 0) is 0 Å². The van der Waals surface area contributed by atoms with Gasteiger partial charge < -0.3 is 0 Å². The van der Waals surface area contributed by atoms with Crippen molar-refractivity contribution >= 4 is 38.0 Å². The van der Waals surface area contributed by atoms with Crippen LogP contribution in [0.2, 0.25) is 0 Å². The van der Waals surface area contributed by atoms with Gasteiger partial charge >= 0.3 is 0 Å². The van der Waals surface area contributed by atoms with Crippen LogP contribution in [-0.4, -0.2) is 9.97 Å². The molecule has 0 amide bonds. The fourth-order valence-corrected chi connectivity index (χ4v) is 3.04. The first-order valence-electron chi connectivity index (χ1n) is 6.07. The predicted octanol–water partition coefficient (Wildman–Crippen LogP) is 4.65. The highest BCUT2D eigenvalue weighted by Gasteiger charge is 2.17. The van der Waals surface area contributed by atoms with Gasteiger partial charge in [-0.05, 0) is 28.1 Å². The Hall–Kier alpha value is -2.00. The van der Waals surface area contributed by atoms with E-state index in [0.29, 0.717) is 0 Å². The van der Waals surface area contributed by atoms with Gasteiger partial charge in [0.25, 0.3) is 0 Å². The Morgan fingerprint density at radius 3 is 1.95 bits per heavy atom. The Balaban J connectivity index is 2.26. The molecule has 0 radical (unpaired) electrons. The molecular weight excluding hydrogens is 300 g/mol. The first kappa shape index (κ1) is 10.9. The van der Waals surface area contributed by atoms with E-state index in [2.05, 4.69) is 28.1 Å². The summed E-state index contributed by atoms with van der Waals surface area (Å²) in [5, 5.41) is 0. The number of para-hydroxylation sites is 2. The molecular formula is C16H9BrN2. The number of nitrogens with zero attached hydrogens (tertiary/aromatic N) is 2. The molecule has 0 saturated carbocycles. The van der Waals surface area contributed by atoms with Crippen molar-refractivity contribution in [2.24, 2.45) is 0 Å². The summed E-state index contributed by atoms with van der Waals surface area (Å²) >= 11 is 3.66. The normalized spacial score (nSPS) is 11.4. The van der Waals surface area contributed by atoms with Crippen LogP contribution in [0, 0.1) is 0 Å². The SMILES string of the molecule is Brc1c2cccccc-2c2nc3ccccc3nc12. The molecule has 0 bridgehead atoms. The number of aromatic nitrogens is 2. The maximum absolute atomic E-state index is 4.76. The van der Waals surface area contributed by atoms with E-state index in [1.165, 1.54) is 0 Å². The fraction of sp³-hybridized carbons (Fsp3) is 0. The van der Waals surface area contributed by atoms with Gasteiger partial charge in [0.1, 0.15) is 5.52 Å². The molecule has 0 unspecified atom stereocenters. The van der Waals surface area contributed by atoms with E-state index in [4.69, 9.17) is 9.97 Å². The number of halogens is 1. The Kier molecular flexibility index (Phi) is 2.29. The third kappa shape index (κ3) is 1.55. The first-order chi connectivity index (χ1) is 9.34. The molecule has 2 aliphatic carbocycles. The highest BCUT2D eigenvalue weighted by molar-refractivity contribution is 9.10. The third-order valence-electron chi connectivity index (χ3n) is 3.31. The minimum Gasteiger partial charge on any atom is -0.244 e. The predicted molar refractivity (Wildman–Crippen MR) is 81.4 cm³/mol. The quantitative estimate of drug-likeness (QED) is 0.472. The van der Waals surface area contributed by atoms with Crippen LogP contribution in [0.25, 0.3) is 33.2 Å². The number of hydrogen-bond acceptors (Lipinski definition) is 2. The van der Waals surface area contributed by atoms with Crippen molar-refractivity contribution in [2.45, 2.75) is 0 Å². The van der Waals surface area contributed by atoms with Crippen molar-refractivity contribution in [1.82, 2.24) is 9.97 Å². The van der Waals surface area contributed by atoms with E-state index in [-0.39, 0.29) is 0 Å². The second-order valence-corrected chi connectivity index (χ2v) is 5.25. The average Bonchev–Trinajstić information content (AvgIpc) is 2.63. The van der Waals surface area contributed by atoms with Gasteiger partial charge in [0.2, 0.25) is 0 Å². The summed E-state index contributed by atoms with van der Waals surface area (Å²) in [4.78, 5) is 9.49. The third-order valence-corrected chi connectivity index (χ3v) is 4.11. The van der Waals surface area contributed by atoms with E-state index < -0.39 is 0 Å². The molecule has 0 atom stereocenters. The van der Waals surface area contributed by atoms with Crippen LogP contribution >= 0.6 is 15.9 Å². The molecule has 0 aliphatic heterocycles. The van der Waals surface area contributed by atoms with E-state index in [9.17, 15) is 0 Å². The lowest BCUT2D eigenvalue weighted by Crippen LogP contribution is -1.84. The standard InChI is InChI=1S/C16H9BrN2/c17-14-10-6-2-1-3-7-11(10)15-16(14)19-13-9-5-4-8-12(13)18-15/h1-9H. The largest absolute Gasteiger partial charge is 0.244 e. The molecule has 1 aromatic carbocycles. The Morgan fingerprint density at radius 2 is 1.21 bits per heavy atom. The van der Waals surface area contributed by atoms with Crippen LogP contribution in [0.15, 0.2) is 59.1 Å². The number of rotatable bonds is 0. The minimum atomic E-state index is 0.926. The molecule has 0 spiro atoms. The molecule has 90 valence electrons. The highest BCUT2D eigenvalue weighted by Crippen LogP contribution is 2.40. The number of benzene rings is 1. The van der Waals surface area contributed by atoms with Crippen molar-refractivity contribution < 1.29 is 0 Å². The summed E-state index contributed by atoms with van der Waals surface area (Å²) in [7, 11) is 0. The molecule has 2 aromatic rings. The summed E-state index contributed by atoms with van der Waals surface area (Å²) in [6, 6.07) is 18.2. The molecule has 1 heterocycles.